The van der Waals surface area contributed by atoms with Crippen molar-refractivity contribution in [3.63, 3.8) is 0 Å². The second kappa shape index (κ2) is 7.75. The van der Waals surface area contributed by atoms with Crippen molar-refractivity contribution < 1.29 is 19.1 Å². The number of carbonyl (C=O) groups is 2. The Hall–Kier alpha value is -1.92. The van der Waals surface area contributed by atoms with Gasteiger partial charge >= 0.3 is 5.97 Å². The third-order valence-electron chi connectivity index (χ3n) is 3.13. The summed E-state index contributed by atoms with van der Waals surface area (Å²) in [5, 5.41) is 2.80. The standard InChI is InChI=1S/C15H20N2O4/c1-2-21-15(19)12-4-3-5-13(10-12)16-14(18)11-17-6-8-20-9-7-17/h3-5,10H,2,6-9,11H2,1H3,(H,16,18). The molecule has 1 aromatic carbocycles. The van der Waals surface area contributed by atoms with Crippen LogP contribution in [0.15, 0.2) is 24.3 Å². The van der Waals surface area contributed by atoms with Crippen LogP contribution in [0.1, 0.15) is 17.3 Å². The summed E-state index contributed by atoms with van der Waals surface area (Å²) >= 11 is 0. The molecule has 6 nitrogen and oxygen atoms in total. The van der Waals surface area contributed by atoms with Gasteiger partial charge in [0.15, 0.2) is 0 Å². The average Bonchev–Trinajstić information content (AvgIpc) is 2.48. The molecule has 21 heavy (non-hydrogen) atoms. The number of amides is 1. The van der Waals surface area contributed by atoms with Gasteiger partial charge in [-0.15, -0.1) is 0 Å². The number of benzene rings is 1. The summed E-state index contributed by atoms with van der Waals surface area (Å²) < 4.78 is 10.2. The van der Waals surface area contributed by atoms with Gasteiger partial charge in [0.2, 0.25) is 5.91 Å². The first kappa shape index (κ1) is 15.5. The number of nitrogens with one attached hydrogen (secondary N) is 1. The lowest BCUT2D eigenvalue weighted by Gasteiger charge is -2.25. The summed E-state index contributed by atoms with van der Waals surface area (Å²) in [7, 11) is 0. The van der Waals surface area contributed by atoms with Gasteiger partial charge in [-0.05, 0) is 25.1 Å². The molecule has 0 saturated carbocycles. The van der Waals surface area contributed by atoms with Crippen molar-refractivity contribution in [2.24, 2.45) is 0 Å². The van der Waals surface area contributed by atoms with E-state index in [4.69, 9.17) is 9.47 Å². The van der Waals surface area contributed by atoms with Gasteiger partial charge in [-0.3, -0.25) is 9.69 Å². The minimum atomic E-state index is -0.387. The Kier molecular flexibility index (Phi) is 5.71. The van der Waals surface area contributed by atoms with Crippen LogP contribution in [0.2, 0.25) is 0 Å². The molecular weight excluding hydrogens is 272 g/mol. The van der Waals surface area contributed by atoms with Crippen LogP contribution in [0.25, 0.3) is 0 Å². The average molecular weight is 292 g/mol. The molecule has 1 amide bonds. The van der Waals surface area contributed by atoms with E-state index in [1.807, 2.05) is 4.90 Å². The molecule has 0 unspecified atom stereocenters. The van der Waals surface area contributed by atoms with E-state index < -0.39 is 0 Å². The summed E-state index contributed by atoms with van der Waals surface area (Å²) in [6, 6.07) is 6.75. The molecule has 1 heterocycles. The first-order valence-corrected chi connectivity index (χ1v) is 7.06. The quantitative estimate of drug-likeness (QED) is 0.824. The highest BCUT2D eigenvalue weighted by Gasteiger charge is 2.14. The summed E-state index contributed by atoms with van der Waals surface area (Å²) in [5.74, 6) is -0.486. The maximum atomic E-state index is 12.0. The smallest absolute Gasteiger partial charge is 0.338 e. The van der Waals surface area contributed by atoms with Crippen molar-refractivity contribution in [3.8, 4) is 0 Å². The van der Waals surface area contributed by atoms with Gasteiger partial charge in [-0.25, -0.2) is 4.79 Å². The van der Waals surface area contributed by atoms with Crippen molar-refractivity contribution in [2.75, 3.05) is 44.8 Å². The van der Waals surface area contributed by atoms with Crippen LogP contribution in [-0.4, -0.2) is 56.2 Å². The zero-order chi connectivity index (χ0) is 15.1. The summed E-state index contributed by atoms with van der Waals surface area (Å²) in [4.78, 5) is 25.7. The minimum Gasteiger partial charge on any atom is -0.462 e. The molecule has 0 atom stereocenters. The molecule has 0 aromatic heterocycles. The number of anilines is 1. The Labute approximate surface area is 124 Å². The second-order valence-corrected chi connectivity index (χ2v) is 4.74. The van der Waals surface area contributed by atoms with Gasteiger partial charge in [-0.1, -0.05) is 6.07 Å². The molecule has 0 aliphatic carbocycles. The number of nitrogens with zero attached hydrogens (tertiary/aromatic N) is 1. The van der Waals surface area contributed by atoms with Crippen LogP contribution in [-0.2, 0) is 14.3 Å². The van der Waals surface area contributed by atoms with Gasteiger partial charge in [-0.2, -0.15) is 0 Å². The van der Waals surface area contributed by atoms with E-state index in [0.717, 1.165) is 13.1 Å². The number of hydrogen-bond donors (Lipinski definition) is 1. The Morgan fingerprint density at radius 3 is 2.81 bits per heavy atom. The number of ether oxygens (including phenoxy) is 2. The van der Waals surface area contributed by atoms with Crippen LogP contribution in [0, 0.1) is 0 Å². The van der Waals surface area contributed by atoms with Crippen LogP contribution in [0.3, 0.4) is 0 Å². The third-order valence-corrected chi connectivity index (χ3v) is 3.13. The maximum absolute atomic E-state index is 12.0. The van der Waals surface area contributed by atoms with Crippen LogP contribution in [0.4, 0.5) is 5.69 Å². The normalized spacial score (nSPS) is 15.5. The van der Waals surface area contributed by atoms with Crippen molar-refractivity contribution in [3.05, 3.63) is 29.8 Å². The van der Waals surface area contributed by atoms with Gasteiger partial charge in [0.05, 0.1) is 31.9 Å². The highest BCUT2D eigenvalue weighted by atomic mass is 16.5. The van der Waals surface area contributed by atoms with E-state index in [-0.39, 0.29) is 11.9 Å². The maximum Gasteiger partial charge on any atom is 0.338 e. The number of morpholine rings is 1. The minimum absolute atomic E-state index is 0.0992. The molecule has 1 fully saturated rings. The second-order valence-electron chi connectivity index (χ2n) is 4.74. The molecule has 1 N–H and O–H groups in total. The van der Waals surface area contributed by atoms with E-state index in [0.29, 0.717) is 37.6 Å². The number of esters is 1. The number of rotatable bonds is 5. The van der Waals surface area contributed by atoms with Crippen LogP contribution in [0.5, 0.6) is 0 Å². The fourth-order valence-electron chi connectivity index (χ4n) is 2.10. The first-order chi connectivity index (χ1) is 10.2. The highest BCUT2D eigenvalue weighted by molar-refractivity contribution is 5.95. The van der Waals surface area contributed by atoms with Crippen LogP contribution < -0.4 is 5.32 Å². The molecule has 6 heteroatoms. The van der Waals surface area contributed by atoms with E-state index >= 15 is 0 Å². The lowest BCUT2D eigenvalue weighted by Crippen LogP contribution is -2.41. The van der Waals surface area contributed by atoms with E-state index in [9.17, 15) is 9.59 Å². The lowest BCUT2D eigenvalue weighted by molar-refractivity contribution is -0.118. The predicted molar refractivity (Wildman–Crippen MR) is 78.3 cm³/mol. The Balaban J connectivity index is 1.91. The molecule has 0 radical (unpaired) electrons. The summed E-state index contributed by atoms with van der Waals surface area (Å²) in [6.45, 7) is 5.25. The van der Waals surface area contributed by atoms with Gasteiger partial charge in [0, 0.05) is 18.8 Å². The molecule has 1 aliphatic heterocycles. The van der Waals surface area contributed by atoms with Crippen molar-refractivity contribution in [1.82, 2.24) is 4.90 Å². The van der Waals surface area contributed by atoms with Crippen molar-refractivity contribution in [1.29, 1.82) is 0 Å². The Bertz CT molecular complexity index is 498. The SMILES string of the molecule is CCOC(=O)c1cccc(NC(=O)CN2CCOCC2)c1. The highest BCUT2D eigenvalue weighted by Crippen LogP contribution is 2.12. The lowest BCUT2D eigenvalue weighted by atomic mass is 10.2. The molecule has 1 aliphatic rings. The van der Waals surface area contributed by atoms with Crippen molar-refractivity contribution in [2.45, 2.75) is 6.92 Å². The fraction of sp³-hybridized carbons (Fsp3) is 0.467. The molecule has 114 valence electrons. The van der Waals surface area contributed by atoms with Gasteiger partial charge < -0.3 is 14.8 Å². The summed E-state index contributed by atoms with van der Waals surface area (Å²) in [6.07, 6.45) is 0. The molecule has 1 aromatic rings. The molecule has 0 bridgehead atoms. The summed E-state index contributed by atoms with van der Waals surface area (Å²) in [5.41, 5.74) is 1.03. The topological polar surface area (TPSA) is 67.9 Å². The predicted octanol–water partition coefficient (Wildman–Crippen LogP) is 1.13. The Morgan fingerprint density at radius 1 is 1.33 bits per heavy atom. The van der Waals surface area contributed by atoms with E-state index in [2.05, 4.69) is 5.32 Å². The first-order valence-electron chi connectivity index (χ1n) is 7.06. The monoisotopic (exact) mass is 292 g/mol. The third kappa shape index (κ3) is 4.84. The fourth-order valence-corrected chi connectivity index (χ4v) is 2.10. The van der Waals surface area contributed by atoms with Gasteiger partial charge in [0.1, 0.15) is 0 Å². The molecule has 1 saturated heterocycles. The number of carbonyl (C=O) groups excluding carboxylic acids is 2. The zero-order valence-electron chi connectivity index (χ0n) is 12.1. The van der Waals surface area contributed by atoms with Crippen molar-refractivity contribution >= 4 is 17.6 Å². The van der Waals surface area contributed by atoms with Gasteiger partial charge in [0.25, 0.3) is 0 Å². The van der Waals surface area contributed by atoms with E-state index in [1.165, 1.54) is 0 Å². The molecule has 2 rings (SSSR count). The number of hydrogen-bond acceptors (Lipinski definition) is 5. The van der Waals surface area contributed by atoms with E-state index in [1.54, 1.807) is 31.2 Å². The molecular formula is C15H20N2O4. The molecule has 0 spiro atoms. The largest absolute Gasteiger partial charge is 0.462 e. The zero-order valence-corrected chi connectivity index (χ0v) is 12.1. The Morgan fingerprint density at radius 2 is 2.10 bits per heavy atom. The van der Waals surface area contributed by atoms with Crippen LogP contribution >= 0.6 is 0 Å².